The van der Waals surface area contributed by atoms with Gasteiger partial charge in [0.25, 0.3) is 0 Å². The number of aryl methyl sites for hydroxylation is 4. The molecule has 0 spiro atoms. The van der Waals surface area contributed by atoms with Crippen molar-refractivity contribution in [3.05, 3.63) is 252 Å². The Labute approximate surface area is 457 Å². The summed E-state index contributed by atoms with van der Waals surface area (Å²) in [5.74, 6) is 1.68. The summed E-state index contributed by atoms with van der Waals surface area (Å²) in [6.45, 7) is 8.10. The molecule has 5 N–H and O–H groups in total. The van der Waals surface area contributed by atoms with E-state index in [0.29, 0.717) is 44.6 Å². The first-order chi connectivity index (χ1) is 38.6. The second kappa shape index (κ2) is 23.9. The highest BCUT2D eigenvalue weighted by Crippen LogP contribution is 2.33. The fraction of sp³-hybridized carbons (Fsp3) is 0.104. The lowest BCUT2D eigenvalue weighted by molar-refractivity contribution is 0.404. The van der Waals surface area contributed by atoms with Crippen LogP contribution in [0.5, 0.6) is 28.7 Å². The Morgan fingerprint density at radius 3 is 1.27 bits per heavy atom. The van der Waals surface area contributed by atoms with Crippen LogP contribution in [0.15, 0.2) is 225 Å². The summed E-state index contributed by atoms with van der Waals surface area (Å²) in [6.07, 6.45) is 2.84. The molecule has 0 atom stereocenters. The second-order valence-corrected chi connectivity index (χ2v) is 18.9. The summed E-state index contributed by atoms with van der Waals surface area (Å²) in [5, 5.41) is 51.5. The molecule has 0 aliphatic rings. The van der Waals surface area contributed by atoms with Gasteiger partial charge >= 0.3 is 22.5 Å². The van der Waals surface area contributed by atoms with Crippen LogP contribution < -0.4 is 22.5 Å². The second-order valence-electron chi connectivity index (χ2n) is 18.9. The van der Waals surface area contributed by atoms with E-state index in [1.165, 1.54) is 35.9 Å². The van der Waals surface area contributed by atoms with Crippen LogP contribution in [0.1, 0.15) is 42.5 Å². The van der Waals surface area contributed by atoms with E-state index in [-0.39, 0.29) is 34.1 Å². The first kappa shape index (κ1) is 54.4. The Morgan fingerprint density at radius 1 is 0.362 bits per heavy atom. The van der Waals surface area contributed by atoms with Crippen molar-refractivity contribution < 1.29 is 43.2 Å². The minimum atomic E-state index is -0.545. The van der Waals surface area contributed by atoms with Crippen molar-refractivity contribution in [3.8, 4) is 74.0 Å². The van der Waals surface area contributed by atoms with Crippen molar-refractivity contribution >= 4 is 43.1 Å². The number of phenols is 5. The van der Waals surface area contributed by atoms with Gasteiger partial charge in [-0.25, -0.2) is 19.2 Å². The van der Waals surface area contributed by atoms with Crippen LogP contribution in [0.3, 0.4) is 0 Å². The van der Waals surface area contributed by atoms with E-state index in [1.807, 2.05) is 123 Å². The van der Waals surface area contributed by atoms with Gasteiger partial charge in [-0.2, -0.15) is 0 Å². The molecule has 12 rings (SSSR count). The fourth-order valence-corrected chi connectivity index (χ4v) is 9.24. The summed E-state index contributed by atoms with van der Waals surface area (Å²) in [6, 6.07) is 55.0. The van der Waals surface area contributed by atoms with Crippen molar-refractivity contribution in [2.75, 3.05) is 0 Å². The largest absolute Gasteiger partial charge is 0.508 e. The molecule has 0 unspecified atom stereocenters. The zero-order chi connectivity index (χ0) is 56.6. The van der Waals surface area contributed by atoms with Gasteiger partial charge in [0.15, 0.2) is 11.5 Å². The summed E-state index contributed by atoms with van der Waals surface area (Å²) in [5.41, 5.74) is 6.11. The standard InChI is InChI=1S/C18H16O3.C17H14O3.C16H12O4.C16H12O3/c1-2-5-12-6-3-4-7-15(12)17-10-13-8-9-14(19)11-16(13)18(20)21-17;1-2-11-5-3-4-6-14(11)16-9-12-7-8-13(18)10-15(12)17(19)20-16;1-9-4-2-3-5-11(9)15-7-10-6-13(17)14(18)8-12(10)16(19)20-15;1-10-3-2-4-12(7-10)15-8-11-5-6-13(17)9-14(11)16(18)19-15/h3-4,6-11,19H,2,5H2,1H3;3-10,18H,2H2,1H3;2-8,17-18H,1H3;2-9,17H,1H3. The van der Waals surface area contributed by atoms with Gasteiger partial charge in [0.05, 0.1) is 21.5 Å². The molecule has 13 heteroatoms. The molecule has 0 aliphatic heterocycles. The van der Waals surface area contributed by atoms with Gasteiger partial charge in [0, 0.05) is 22.3 Å². The number of benzene rings is 8. The molecule has 0 bridgehead atoms. The molecule has 0 radical (unpaired) electrons. The molecule has 4 heterocycles. The molecular weight excluding hydrogens is 1010 g/mol. The van der Waals surface area contributed by atoms with Crippen molar-refractivity contribution in [1.29, 1.82) is 0 Å². The smallest absolute Gasteiger partial charge is 0.344 e. The lowest BCUT2D eigenvalue weighted by Gasteiger charge is -2.08. The molecule has 12 aromatic rings. The van der Waals surface area contributed by atoms with Crippen molar-refractivity contribution in [1.82, 2.24) is 0 Å². The van der Waals surface area contributed by atoms with Gasteiger partial charge < -0.3 is 43.2 Å². The van der Waals surface area contributed by atoms with Crippen LogP contribution >= 0.6 is 0 Å². The Balaban J connectivity index is 0.000000129. The van der Waals surface area contributed by atoms with Gasteiger partial charge in [-0.3, -0.25) is 0 Å². The minimum absolute atomic E-state index is 0.0584. The number of rotatable bonds is 7. The van der Waals surface area contributed by atoms with Crippen LogP contribution in [0.25, 0.3) is 88.4 Å². The fourth-order valence-electron chi connectivity index (χ4n) is 9.24. The van der Waals surface area contributed by atoms with Gasteiger partial charge in [0.1, 0.15) is 40.3 Å². The molecule has 80 heavy (non-hydrogen) atoms. The Kier molecular flexibility index (Phi) is 16.2. The molecule has 13 nitrogen and oxygen atoms in total. The SMILES string of the molecule is CCCc1ccccc1-c1cc2ccc(O)cc2c(=O)o1.CCc1ccccc1-c1cc2ccc(O)cc2c(=O)o1.Cc1cccc(-c2cc3ccc(O)cc3c(=O)o2)c1.Cc1ccccc1-c1cc2cc(O)c(O)cc2c(=O)o1. The maximum absolute atomic E-state index is 12.1. The number of hydrogen-bond donors (Lipinski definition) is 5. The highest BCUT2D eigenvalue weighted by Gasteiger charge is 2.15. The normalized spacial score (nSPS) is 10.8. The van der Waals surface area contributed by atoms with E-state index in [2.05, 4.69) is 19.9 Å². The van der Waals surface area contributed by atoms with Crippen molar-refractivity contribution in [3.63, 3.8) is 0 Å². The van der Waals surface area contributed by atoms with Gasteiger partial charge in [-0.1, -0.05) is 135 Å². The van der Waals surface area contributed by atoms with Crippen LogP contribution in [0.4, 0.5) is 0 Å². The van der Waals surface area contributed by atoms with E-state index in [4.69, 9.17) is 17.7 Å². The lowest BCUT2D eigenvalue weighted by atomic mass is 10.00. The Hall–Kier alpha value is -10.4. The van der Waals surface area contributed by atoms with Crippen LogP contribution in [0.2, 0.25) is 0 Å². The highest BCUT2D eigenvalue weighted by molar-refractivity contribution is 5.89. The first-order valence-corrected chi connectivity index (χ1v) is 25.7. The lowest BCUT2D eigenvalue weighted by Crippen LogP contribution is -2.01. The summed E-state index contributed by atoms with van der Waals surface area (Å²) in [4.78, 5) is 48.1. The van der Waals surface area contributed by atoms with Crippen LogP contribution in [-0.2, 0) is 12.8 Å². The molecule has 400 valence electrons. The topological polar surface area (TPSA) is 222 Å². The van der Waals surface area contributed by atoms with Crippen LogP contribution in [-0.4, -0.2) is 25.5 Å². The summed E-state index contributed by atoms with van der Waals surface area (Å²) in [7, 11) is 0. The molecule has 4 aromatic heterocycles. The zero-order valence-corrected chi connectivity index (χ0v) is 44.0. The van der Waals surface area contributed by atoms with Crippen LogP contribution in [0, 0.1) is 13.8 Å². The molecule has 0 saturated carbocycles. The summed E-state index contributed by atoms with van der Waals surface area (Å²) < 4.78 is 21.5. The average Bonchev–Trinajstić information content (AvgIpc) is 3.46. The number of fused-ring (bicyclic) bond motifs is 4. The molecule has 0 amide bonds. The van der Waals surface area contributed by atoms with Gasteiger partial charge in [-0.15, -0.1) is 0 Å². The summed E-state index contributed by atoms with van der Waals surface area (Å²) >= 11 is 0. The monoisotopic (exact) mass is 1070 g/mol. The predicted molar refractivity (Wildman–Crippen MR) is 313 cm³/mol. The van der Waals surface area contributed by atoms with Gasteiger partial charge in [-0.05, 0) is 144 Å². The third kappa shape index (κ3) is 12.2. The average molecular weight is 1070 g/mol. The molecular formula is C67H54O13. The van der Waals surface area contributed by atoms with E-state index < -0.39 is 22.5 Å². The third-order valence-electron chi connectivity index (χ3n) is 13.3. The Bertz CT molecular complexity index is 4500. The minimum Gasteiger partial charge on any atom is -0.508 e. The zero-order valence-electron chi connectivity index (χ0n) is 44.0. The maximum Gasteiger partial charge on any atom is 0.344 e. The highest BCUT2D eigenvalue weighted by atomic mass is 16.4. The Morgan fingerprint density at radius 2 is 0.775 bits per heavy atom. The molecule has 0 saturated heterocycles. The number of hydrogen-bond acceptors (Lipinski definition) is 13. The number of aromatic hydroxyl groups is 5. The quantitative estimate of drug-likeness (QED) is 0.0939. The molecule has 0 fully saturated rings. The third-order valence-corrected chi connectivity index (χ3v) is 13.3. The number of phenolic OH excluding ortho intramolecular Hbond substituents is 5. The molecule has 8 aromatic carbocycles. The van der Waals surface area contributed by atoms with E-state index in [1.54, 1.807) is 42.5 Å². The maximum atomic E-state index is 12.1. The van der Waals surface area contributed by atoms with Crippen molar-refractivity contribution in [2.24, 2.45) is 0 Å². The van der Waals surface area contributed by atoms with E-state index >= 15 is 0 Å². The predicted octanol–water partition coefficient (Wildman–Crippen LogP) is 14.5. The van der Waals surface area contributed by atoms with E-state index in [9.17, 15) is 44.7 Å². The first-order valence-electron chi connectivity index (χ1n) is 25.7. The van der Waals surface area contributed by atoms with Gasteiger partial charge in [0.2, 0.25) is 0 Å². The molecule has 0 aliphatic carbocycles. The van der Waals surface area contributed by atoms with E-state index in [0.717, 1.165) is 74.4 Å². The van der Waals surface area contributed by atoms with Crippen molar-refractivity contribution in [2.45, 2.75) is 47.0 Å².